The third kappa shape index (κ3) is 2.56. The molecule has 2 aromatic carbocycles. The molecule has 1 N–H and O–H groups in total. The number of methoxy groups -OCH3 is 1. The van der Waals surface area contributed by atoms with Crippen molar-refractivity contribution in [3.8, 4) is 0 Å². The molecule has 1 atom stereocenters. The van der Waals surface area contributed by atoms with Gasteiger partial charge in [-0.05, 0) is 43.5 Å². The Balaban J connectivity index is 1.53. The van der Waals surface area contributed by atoms with Crippen LogP contribution in [0.25, 0.3) is 10.8 Å². The van der Waals surface area contributed by atoms with E-state index in [1.165, 1.54) is 0 Å². The number of nitrogens with zero attached hydrogens (tertiary/aromatic N) is 3. The zero-order chi connectivity index (χ0) is 18.4. The van der Waals surface area contributed by atoms with Crippen molar-refractivity contribution in [2.24, 2.45) is 0 Å². The molecule has 27 heavy (non-hydrogen) atoms. The summed E-state index contributed by atoms with van der Waals surface area (Å²) in [6, 6.07) is 12.3. The summed E-state index contributed by atoms with van der Waals surface area (Å²) in [5.41, 5.74) is 2.53. The molecule has 1 amide bonds. The van der Waals surface area contributed by atoms with E-state index in [0.29, 0.717) is 6.04 Å². The molecular formula is C21H22N4O2. The number of anilines is 1. The molecule has 0 bridgehead atoms. The van der Waals surface area contributed by atoms with E-state index in [1.54, 1.807) is 12.0 Å². The molecule has 6 heteroatoms. The predicted molar refractivity (Wildman–Crippen MR) is 104 cm³/mol. The highest BCUT2D eigenvalue weighted by Crippen LogP contribution is 2.42. The van der Waals surface area contributed by atoms with E-state index in [2.05, 4.69) is 10.4 Å². The first-order valence-electron chi connectivity index (χ1n) is 9.41. The van der Waals surface area contributed by atoms with E-state index in [9.17, 15) is 4.79 Å². The van der Waals surface area contributed by atoms with Crippen LogP contribution in [-0.4, -0.2) is 35.9 Å². The number of hydrogen-bond donors (Lipinski definition) is 1. The van der Waals surface area contributed by atoms with Crippen LogP contribution in [0.1, 0.15) is 41.0 Å². The second kappa shape index (κ2) is 6.48. The third-order valence-electron chi connectivity index (χ3n) is 5.64. The second-order valence-electron chi connectivity index (χ2n) is 7.18. The molecule has 3 heterocycles. The van der Waals surface area contributed by atoms with Gasteiger partial charge >= 0.3 is 0 Å². The van der Waals surface area contributed by atoms with Crippen LogP contribution in [0.15, 0.2) is 48.8 Å². The molecule has 0 spiro atoms. The minimum absolute atomic E-state index is 0.0248. The lowest BCUT2D eigenvalue weighted by atomic mass is 10.1. The van der Waals surface area contributed by atoms with Crippen molar-refractivity contribution in [3.63, 3.8) is 0 Å². The summed E-state index contributed by atoms with van der Waals surface area (Å²) < 4.78 is 7.82. The average molecular weight is 362 g/mol. The molecule has 1 aromatic heterocycles. The van der Waals surface area contributed by atoms with Crippen LogP contribution in [0, 0.1) is 0 Å². The molecular weight excluding hydrogens is 340 g/mol. The van der Waals surface area contributed by atoms with Crippen molar-refractivity contribution in [2.75, 3.05) is 25.1 Å². The summed E-state index contributed by atoms with van der Waals surface area (Å²) in [6.45, 7) is 2.02. The van der Waals surface area contributed by atoms with Crippen LogP contribution in [-0.2, 0) is 4.74 Å². The van der Waals surface area contributed by atoms with Gasteiger partial charge in [0, 0.05) is 29.8 Å². The van der Waals surface area contributed by atoms with Crippen molar-refractivity contribution >= 4 is 22.4 Å². The normalized spacial score (nSPS) is 18.4. The molecule has 2 aliphatic heterocycles. The number of carbonyl (C=O) groups excluding carboxylic acids is 1. The number of nitrogens with one attached hydrogen (secondary N) is 1. The number of rotatable bonds is 4. The van der Waals surface area contributed by atoms with Gasteiger partial charge in [0.15, 0.2) is 6.23 Å². The zero-order valence-electron chi connectivity index (χ0n) is 15.3. The van der Waals surface area contributed by atoms with Gasteiger partial charge in [-0.2, -0.15) is 5.10 Å². The molecule has 1 fully saturated rings. The van der Waals surface area contributed by atoms with E-state index < -0.39 is 6.23 Å². The Labute approximate surface area is 157 Å². The van der Waals surface area contributed by atoms with Gasteiger partial charge in [0.25, 0.3) is 5.91 Å². The van der Waals surface area contributed by atoms with Crippen molar-refractivity contribution in [1.82, 2.24) is 15.1 Å². The average Bonchev–Trinajstić information content (AvgIpc) is 3.31. The van der Waals surface area contributed by atoms with E-state index in [1.807, 2.05) is 53.5 Å². The van der Waals surface area contributed by atoms with E-state index >= 15 is 0 Å². The lowest BCUT2D eigenvalue weighted by Gasteiger charge is -2.27. The summed E-state index contributed by atoms with van der Waals surface area (Å²) in [5.74, 6) is -0.0248. The Kier molecular flexibility index (Phi) is 3.95. The van der Waals surface area contributed by atoms with Gasteiger partial charge in [-0.15, -0.1) is 0 Å². The topological polar surface area (TPSA) is 59.4 Å². The zero-order valence-corrected chi connectivity index (χ0v) is 15.3. The molecule has 2 aliphatic rings. The fourth-order valence-electron chi connectivity index (χ4n) is 4.31. The molecule has 0 radical (unpaired) electrons. The fourth-order valence-corrected chi connectivity index (χ4v) is 4.31. The molecule has 138 valence electrons. The number of amides is 1. The predicted octanol–water partition coefficient (Wildman–Crippen LogP) is 3.27. The maximum atomic E-state index is 13.2. The Bertz CT molecular complexity index is 1000. The van der Waals surface area contributed by atoms with Crippen LogP contribution in [0.3, 0.4) is 0 Å². The smallest absolute Gasteiger partial charge is 0.261 e. The summed E-state index contributed by atoms with van der Waals surface area (Å²) >= 11 is 0. The first-order valence-corrected chi connectivity index (χ1v) is 9.41. The van der Waals surface area contributed by atoms with Crippen LogP contribution >= 0.6 is 0 Å². The minimum atomic E-state index is -0.494. The Morgan fingerprint density at radius 2 is 1.96 bits per heavy atom. The van der Waals surface area contributed by atoms with Crippen molar-refractivity contribution in [2.45, 2.75) is 25.1 Å². The molecule has 1 unspecified atom stereocenters. The largest absolute Gasteiger partial charge is 0.357 e. The molecule has 0 saturated carbocycles. The Hall–Kier alpha value is -2.70. The van der Waals surface area contributed by atoms with Gasteiger partial charge in [-0.3, -0.25) is 14.4 Å². The highest BCUT2D eigenvalue weighted by Gasteiger charge is 2.36. The number of benzene rings is 2. The molecule has 1 saturated heterocycles. The van der Waals surface area contributed by atoms with Crippen LogP contribution in [0.5, 0.6) is 0 Å². The van der Waals surface area contributed by atoms with Crippen LogP contribution < -0.4 is 10.2 Å². The third-order valence-corrected chi connectivity index (χ3v) is 5.64. The van der Waals surface area contributed by atoms with E-state index in [4.69, 9.17) is 4.74 Å². The van der Waals surface area contributed by atoms with Gasteiger partial charge in [0.05, 0.1) is 17.9 Å². The maximum Gasteiger partial charge on any atom is 0.261 e. The summed E-state index contributed by atoms with van der Waals surface area (Å²) in [6.07, 6.45) is 5.48. The second-order valence-corrected chi connectivity index (χ2v) is 7.18. The summed E-state index contributed by atoms with van der Waals surface area (Å²) in [7, 11) is 1.64. The first kappa shape index (κ1) is 16.5. The highest BCUT2D eigenvalue weighted by atomic mass is 16.5. The lowest BCUT2D eigenvalue weighted by molar-refractivity contribution is 0.0753. The number of ether oxygens (including phenoxy) is 1. The highest BCUT2D eigenvalue weighted by molar-refractivity contribution is 6.25. The minimum Gasteiger partial charge on any atom is -0.357 e. The van der Waals surface area contributed by atoms with Crippen molar-refractivity contribution in [3.05, 3.63) is 59.9 Å². The SMILES string of the molecule is COC(c1cnn(C2CCNCC2)c1)N1C(=O)c2cccc3cccc1c23. The summed E-state index contributed by atoms with van der Waals surface area (Å²) in [4.78, 5) is 14.9. The number of carbonyl (C=O) groups is 1. The molecule has 0 aliphatic carbocycles. The van der Waals surface area contributed by atoms with Crippen molar-refractivity contribution < 1.29 is 9.53 Å². The van der Waals surface area contributed by atoms with Gasteiger partial charge in [0.1, 0.15) is 0 Å². The van der Waals surface area contributed by atoms with E-state index in [-0.39, 0.29) is 5.91 Å². The molecule has 3 aromatic rings. The van der Waals surface area contributed by atoms with Gasteiger partial charge in [-0.1, -0.05) is 24.3 Å². The first-order chi connectivity index (χ1) is 13.3. The maximum absolute atomic E-state index is 13.2. The lowest BCUT2D eigenvalue weighted by Crippen LogP contribution is -2.32. The summed E-state index contributed by atoms with van der Waals surface area (Å²) in [5, 5.41) is 10.0. The van der Waals surface area contributed by atoms with Crippen LogP contribution in [0.2, 0.25) is 0 Å². The van der Waals surface area contributed by atoms with Gasteiger partial charge in [0.2, 0.25) is 0 Å². The Morgan fingerprint density at radius 3 is 2.74 bits per heavy atom. The number of aromatic nitrogens is 2. The quantitative estimate of drug-likeness (QED) is 0.774. The van der Waals surface area contributed by atoms with Crippen LogP contribution in [0.4, 0.5) is 5.69 Å². The number of hydrogen-bond acceptors (Lipinski definition) is 4. The van der Waals surface area contributed by atoms with Crippen molar-refractivity contribution in [1.29, 1.82) is 0 Å². The monoisotopic (exact) mass is 362 g/mol. The molecule has 5 rings (SSSR count). The standard InChI is InChI=1S/C21H22N4O2/c1-27-21(15-12-23-24(13-15)16-8-10-22-11-9-16)25-18-7-3-5-14-4-2-6-17(19(14)18)20(25)26/h2-7,12-13,16,21-22H,8-11H2,1H3. The van der Waals surface area contributed by atoms with Gasteiger partial charge < -0.3 is 10.1 Å². The van der Waals surface area contributed by atoms with E-state index in [0.717, 1.165) is 53.5 Å². The number of piperidine rings is 1. The molecule has 6 nitrogen and oxygen atoms in total. The van der Waals surface area contributed by atoms with Gasteiger partial charge in [-0.25, -0.2) is 0 Å². The Morgan fingerprint density at radius 1 is 1.19 bits per heavy atom. The fraction of sp³-hybridized carbons (Fsp3) is 0.333.